The van der Waals surface area contributed by atoms with Crippen LogP contribution in [-0.2, 0) is 6.54 Å². The largest absolute Gasteiger partial charge is 0.393 e. The molecule has 0 aliphatic carbocycles. The predicted octanol–water partition coefficient (Wildman–Crippen LogP) is 2.70. The van der Waals surface area contributed by atoms with E-state index in [1.807, 2.05) is 11.9 Å². The van der Waals surface area contributed by atoms with Gasteiger partial charge in [-0.1, -0.05) is 28.1 Å². The fourth-order valence-corrected chi connectivity index (χ4v) is 1.84. The van der Waals surface area contributed by atoms with E-state index in [9.17, 15) is 4.39 Å². The Morgan fingerprint density at radius 1 is 1.56 bits per heavy atom. The Morgan fingerprint density at radius 2 is 2.25 bits per heavy atom. The van der Waals surface area contributed by atoms with Gasteiger partial charge in [0.25, 0.3) is 0 Å². The Kier molecular flexibility index (Phi) is 5.31. The van der Waals surface area contributed by atoms with Crippen molar-refractivity contribution in [3.05, 3.63) is 34.1 Å². The van der Waals surface area contributed by atoms with Crippen molar-refractivity contribution in [2.75, 3.05) is 13.6 Å². The molecule has 0 aliphatic rings. The summed E-state index contributed by atoms with van der Waals surface area (Å²) in [6, 6.07) is 4.93. The van der Waals surface area contributed by atoms with Gasteiger partial charge in [0.05, 0.1) is 4.99 Å². The fraction of sp³-hybridized carbons (Fsp3) is 0.364. The molecule has 0 atom stereocenters. The van der Waals surface area contributed by atoms with Gasteiger partial charge in [-0.2, -0.15) is 0 Å². The molecule has 0 bridgehead atoms. The zero-order valence-electron chi connectivity index (χ0n) is 9.04. The second kappa shape index (κ2) is 6.27. The van der Waals surface area contributed by atoms with Crippen LogP contribution >= 0.6 is 28.1 Å². The monoisotopic (exact) mass is 304 g/mol. The highest BCUT2D eigenvalue weighted by Crippen LogP contribution is 2.16. The lowest BCUT2D eigenvalue weighted by Crippen LogP contribution is -2.23. The highest BCUT2D eigenvalue weighted by atomic mass is 79.9. The van der Waals surface area contributed by atoms with Gasteiger partial charge in [-0.3, -0.25) is 0 Å². The van der Waals surface area contributed by atoms with Crippen LogP contribution < -0.4 is 5.73 Å². The van der Waals surface area contributed by atoms with Crippen molar-refractivity contribution in [1.82, 2.24) is 4.90 Å². The van der Waals surface area contributed by atoms with Gasteiger partial charge in [0.15, 0.2) is 0 Å². The highest BCUT2D eigenvalue weighted by molar-refractivity contribution is 9.10. The van der Waals surface area contributed by atoms with Crippen LogP contribution in [0.1, 0.15) is 12.0 Å². The van der Waals surface area contributed by atoms with Crippen LogP contribution in [0.2, 0.25) is 0 Å². The number of halogens is 2. The number of thiocarbonyl (C=S) groups is 1. The molecule has 5 heteroatoms. The second-order valence-corrected chi connectivity index (χ2v) is 5.13. The lowest BCUT2D eigenvalue weighted by atomic mass is 10.2. The maximum absolute atomic E-state index is 13.4. The van der Waals surface area contributed by atoms with Gasteiger partial charge < -0.3 is 10.6 Å². The Labute approximate surface area is 109 Å². The molecule has 0 heterocycles. The summed E-state index contributed by atoms with van der Waals surface area (Å²) >= 11 is 8.12. The van der Waals surface area contributed by atoms with E-state index in [1.165, 1.54) is 6.07 Å². The number of benzene rings is 1. The molecule has 0 fully saturated rings. The summed E-state index contributed by atoms with van der Waals surface area (Å²) in [7, 11) is 1.92. The number of nitrogens with two attached hydrogens (primary N) is 1. The molecule has 0 radical (unpaired) electrons. The zero-order valence-corrected chi connectivity index (χ0v) is 11.4. The molecule has 88 valence electrons. The summed E-state index contributed by atoms with van der Waals surface area (Å²) in [6.45, 7) is 1.29. The standard InChI is InChI=1S/C11H14BrFN2S/c1-15(5-4-11(14)16)7-8-6-9(12)2-3-10(8)13/h2-3,6H,4-5,7H2,1H3,(H2,14,16). The van der Waals surface area contributed by atoms with E-state index >= 15 is 0 Å². The number of nitrogens with zero attached hydrogens (tertiary/aromatic N) is 1. The minimum atomic E-state index is -0.189. The summed E-state index contributed by atoms with van der Waals surface area (Å²) in [5, 5.41) is 0. The normalized spacial score (nSPS) is 10.8. The minimum absolute atomic E-state index is 0.189. The van der Waals surface area contributed by atoms with Crippen LogP contribution in [0.4, 0.5) is 4.39 Å². The van der Waals surface area contributed by atoms with Crippen molar-refractivity contribution >= 4 is 33.1 Å². The predicted molar refractivity (Wildman–Crippen MR) is 71.8 cm³/mol. The van der Waals surface area contributed by atoms with Crippen molar-refractivity contribution in [1.29, 1.82) is 0 Å². The molecule has 1 rings (SSSR count). The third kappa shape index (κ3) is 4.55. The zero-order chi connectivity index (χ0) is 12.1. The number of rotatable bonds is 5. The lowest BCUT2D eigenvalue weighted by Gasteiger charge is -2.16. The van der Waals surface area contributed by atoms with E-state index in [0.29, 0.717) is 23.5 Å². The first-order chi connectivity index (χ1) is 7.49. The maximum Gasteiger partial charge on any atom is 0.127 e. The van der Waals surface area contributed by atoms with Crippen LogP contribution in [0.15, 0.2) is 22.7 Å². The molecule has 2 nitrogen and oxygen atoms in total. The molecular weight excluding hydrogens is 291 g/mol. The second-order valence-electron chi connectivity index (χ2n) is 3.69. The first-order valence-electron chi connectivity index (χ1n) is 4.90. The van der Waals surface area contributed by atoms with Crippen molar-refractivity contribution < 1.29 is 4.39 Å². The molecule has 1 aromatic rings. The number of hydrogen-bond acceptors (Lipinski definition) is 2. The third-order valence-corrected chi connectivity index (χ3v) is 2.89. The molecule has 0 saturated heterocycles. The first kappa shape index (κ1) is 13.5. The van der Waals surface area contributed by atoms with E-state index in [0.717, 1.165) is 11.0 Å². The van der Waals surface area contributed by atoms with Crippen molar-refractivity contribution in [2.24, 2.45) is 5.73 Å². The molecule has 1 aromatic carbocycles. The van der Waals surface area contributed by atoms with Crippen molar-refractivity contribution in [2.45, 2.75) is 13.0 Å². The molecule has 0 saturated carbocycles. The van der Waals surface area contributed by atoms with Crippen molar-refractivity contribution in [3.8, 4) is 0 Å². The summed E-state index contributed by atoms with van der Waals surface area (Å²) < 4.78 is 14.3. The average molecular weight is 305 g/mol. The van der Waals surface area contributed by atoms with Gasteiger partial charge in [-0.25, -0.2) is 4.39 Å². The van der Waals surface area contributed by atoms with Gasteiger partial charge in [-0.05, 0) is 25.2 Å². The smallest absolute Gasteiger partial charge is 0.127 e. The van der Waals surface area contributed by atoms with Gasteiger partial charge in [0.2, 0.25) is 0 Å². The quantitative estimate of drug-likeness (QED) is 0.848. The number of hydrogen-bond donors (Lipinski definition) is 1. The third-order valence-electron chi connectivity index (χ3n) is 2.19. The molecule has 0 aliphatic heterocycles. The molecule has 2 N–H and O–H groups in total. The van der Waals surface area contributed by atoms with Crippen LogP contribution in [0, 0.1) is 5.82 Å². The highest BCUT2D eigenvalue weighted by Gasteiger charge is 2.06. The van der Waals surface area contributed by atoms with Gasteiger partial charge >= 0.3 is 0 Å². The molecule has 0 amide bonds. The molecule has 0 unspecified atom stereocenters. The summed E-state index contributed by atoms with van der Waals surface area (Å²) in [5.41, 5.74) is 6.08. The van der Waals surface area contributed by atoms with E-state index in [1.54, 1.807) is 12.1 Å². The molecule has 16 heavy (non-hydrogen) atoms. The summed E-state index contributed by atoms with van der Waals surface area (Å²) in [4.78, 5) is 2.48. The average Bonchev–Trinajstić information content (AvgIpc) is 2.20. The Morgan fingerprint density at radius 3 is 2.88 bits per heavy atom. The van der Waals surface area contributed by atoms with Gasteiger partial charge in [0, 0.05) is 29.5 Å². The Bertz CT molecular complexity index is 384. The maximum atomic E-state index is 13.4. The molecular formula is C11H14BrFN2S. The Balaban J connectivity index is 2.58. The SMILES string of the molecule is CN(CCC(N)=S)Cc1cc(Br)ccc1F. The van der Waals surface area contributed by atoms with E-state index in [2.05, 4.69) is 15.9 Å². The van der Waals surface area contributed by atoms with Gasteiger partial charge in [-0.15, -0.1) is 0 Å². The van der Waals surface area contributed by atoms with Gasteiger partial charge in [0.1, 0.15) is 5.82 Å². The summed E-state index contributed by atoms with van der Waals surface area (Å²) in [6.07, 6.45) is 0.654. The van der Waals surface area contributed by atoms with Crippen LogP contribution in [0.3, 0.4) is 0 Å². The molecule has 0 spiro atoms. The lowest BCUT2D eigenvalue weighted by molar-refractivity contribution is 0.331. The first-order valence-corrected chi connectivity index (χ1v) is 6.10. The van der Waals surface area contributed by atoms with E-state index in [-0.39, 0.29) is 5.82 Å². The van der Waals surface area contributed by atoms with Crippen LogP contribution in [0.5, 0.6) is 0 Å². The van der Waals surface area contributed by atoms with Crippen LogP contribution in [0.25, 0.3) is 0 Å². The Hall–Kier alpha value is -0.520. The van der Waals surface area contributed by atoms with Crippen molar-refractivity contribution in [3.63, 3.8) is 0 Å². The van der Waals surface area contributed by atoms with E-state index in [4.69, 9.17) is 18.0 Å². The fourth-order valence-electron chi connectivity index (χ4n) is 1.34. The molecule has 0 aromatic heterocycles. The van der Waals surface area contributed by atoms with Crippen LogP contribution in [-0.4, -0.2) is 23.5 Å². The summed E-state index contributed by atoms with van der Waals surface area (Å²) in [5.74, 6) is -0.189. The minimum Gasteiger partial charge on any atom is -0.393 e. The van der Waals surface area contributed by atoms with E-state index < -0.39 is 0 Å². The topological polar surface area (TPSA) is 29.3 Å².